The average molecular weight is 177 g/mol. The number of piperidine rings is 1. The van der Waals surface area contributed by atoms with Gasteiger partial charge in [0.15, 0.2) is 0 Å². The summed E-state index contributed by atoms with van der Waals surface area (Å²) < 4.78 is 0. The minimum atomic E-state index is -0.212. The molecule has 5 heteroatoms. The molecule has 2 amide bonds. The fourth-order valence-electron chi connectivity index (χ4n) is 0.774. The third-order valence-electron chi connectivity index (χ3n) is 1.32. The third-order valence-corrected chi connectivity index (χ3v) is 2.78. The molecule has 1 aliphatic rings. The molecule has 0 aromatic rings. The van der Waals surface area contributed by atoms with E-state index in [1.165, 1.54) is 10.8 Å². The van der Waals surface area contributed by atoms with E-state index in [4.69, 9.17) is 0 Å². The Labute approximate surface area is 67.7 Å². The minimum absolute atomic E-state index is 0.152. The Morgan fingerprint density at radius 1 is 1.60 bits per heavy atom. The summed E-state index contributed by atoms with van der Waals surface area (Å²) in [5, 5.41) is 2.08. The van der Waals surface area contributed by atoms with Crippen LogP contribution in [0.3, 0.4) is 0 Å². The highest BCUT2D eigenvalue weighted by atomic mass is 33.1. The fourth-order valence-corrected chi connectivity index (χ4v) is 1.76. The topological polar surface area (TPSA) is 46.2 Å². The third kappa shape index (κ3) is 1.67. The molecule has 1 N–H and O–H groups in total. The maximum absolute atomic E-state index is 10.8. The zero-order valence-electron chi connectivity index (χ0n) is 5.16. The number of hydrogen-bond acceptors (Lipinski definition) is 4. The Morgan fingerprint density at radius 3 is 2.80 bits per heavy atom. The molecule has 1 heterocycles. The summed E-state index contributed by atoms with van der Waals surface area (Å²) in [5.41, 5.74) is 0. The van der Waals surface area contributed by atoms with Crippen LogP contribution in [0.25, 0.3) is 0 Å². The van der Waals surface area contributed by atoms with Crippen molar-refractivity contribution in [1.29, 1.82) is 0 Å². The van der Waals surface area contributed by atoms with Crippen LogP contribution in [0.1, 0.15) is 12.8 Å². The standard InChI is InChI=1S/C5H7NO2S2/c7-4-2-1-3(10-9)5(8)6-4/h3,9H,1-2H2,(H,6,7,8). The highest BCUT2D eigenvalue weighted by Gasteiger charge is 2.25. The Kier molecular flexibility index (Phi) is 2.62. The van der Waals surface area contributed by atoms with Crippen LogP contribution in [-0.2, 0) is 9.59 Å². The molecule has 0 bridgehead atoms. The number of amides is 2. The van der Waals surface area contributed by atoms with Crippen molar-refractivity contribution in [3.05, 3.63) is 0 Å². The second-order valence-corrected chi connectivity index (χ2v) is 3.46. The van der Waals surface area contributed by atoms with Crippen molar-refractivity contribution in [3.63, 3.8) is 0 Å². The zero-order chi connectivity index (χ0) is 7.56. The van der Waals surface area contributed by atoms with E-state index in [2.05, 4.69) is 17.0 Å². The lowest BCUT2D eigenvalue weighted by molar-refractivity contribution is -0.132. The van der Waals surface area contributed by atoms with E-state index in [1.807, 2.05) is 0 Å². The number of rotatable bonds is 1. The first-order valence-corrected chi connectivity index (χ1v) is 4.81. The van der Waals surface area contributed by atoms with Crippen molar-refractivity contribution in [2.75, 3.05) is 0 Å². The van der Waals surface area contributed by atoms with Gasteiger partial charge in [0.2, 0.25) is 11.8 Å². The number of thiol groups is 1. The molecule has 1 fully saturated rings. The van der Waals surface area contributed by atoms with E-state index in [0.717, 1.165) is 0 Å². The predicted octanol–water partition coefficient (Wildman–Crippen LogP) is 0.370. The number of carbonyl (C=O) groups is 2. The summed E-state index contributed by atoms with van der Waals surface area (Å²) in [7, 11) is 1.19. The van der Waals surface area contributed by atoms with Crippen LogP contribution in [-0.4, -0.2) is 17.1 Å². The summed E-state index contributed by atoms with van der Waals surface area (Å²) >= 11 is 3.90. The number of hydrogen-bond donors (Lipinski definition) is 2. The van der Waals surface area contributed by atoms with E-state index < -0.39 is 0 Å². The normalized spacial score (nSPS) is 26.3. The molecule has 0 radical (unpaired) electrons. The van der Waals surface area contributed by atoms with Crippen LogP contribution < -0.4 is 5.32 Å². The maximum Gasteiger partial charge on any atom is 0.240 e. The molecule has 3 nitrogen and oxygen atoms in total. The van der Waals surface area contributed by atoms with Crippen LogP contribution in [0.4, 0.5) is 0 Å². The Balaban J connectivity index is 2.51. The second kappa shape index (κ2) is 3.30. The van der Waals surface area contributed by atoms with Crippen LogP contribution in [0, 0.1) is 0 Å². The Morgan fingerprint density at radius 2 is 2.30 bits per heavy atom. The molecule has 1 saturated heterocycles. The van der Waals surface area contributed by atoms with Crippen molar-refractivity contribution < 1.29 is 9.59 Å². The van der Waals surface area contributed by atoms with Gasteiger partial charge in [-0.1, -0.05) is 10.8 Å². The SMILES string of the molecule is O=C1CCC(SS)C(=O)N1. The molecule has 0 aromatic carbocycles. The molecule has 1 aliphatic heterocycles. The molecule has 10 heavy (non-hydrogen) atoms. The molecular formula is C5H7NO2S2. The number of imide groups is 1. The molecule has 0 aromatic heterocycles. The van der Waals surface area contributed by atoms with Gasteiger partial charge in [-0.15, -0.1) is 11.7 Å². The lowest BCUT2D eigenvalue weighted by Gasteiger charge is -2.17. The van der Waals surface area contributed by atoms with E-state index in [0.29, 0.717) is 12.8 Å². The van der Waals surface area contributed by atoms with E-state index in [9.17, 15) is 9.59 Å². The van der Waals surface area contributed by atoms with Gasteiger partial charge in [-0.2, -0.15) is 0 Å². The summed E-state index contributed by atoms with van der Waals surface area (Å²) in [4.78, 5) is 21.4. The van der Waals surface area contributed by atoms with Gasteiger partial charge in [0.05, 0.1) is 5.25 Å². The van der Waals surface area contributed by atoms with Gasteiger partial charge in [-0.25, -0.2) is 0 Å². The van der Waals surface area contributed by atoms with Crippen molar-refractivity contribution in [1.82, 2.24) is 5.32 Å². The molecule has 1 unspecified atom stereocenters. The molecule has 0 saturated carbocycles. The van der Waals surface area contributed by atoms with Gasteiger partial charge in [-0.3, -0.25) is 14.9 Å². The van der Waals surface area contributed by atoms with Crippen LogP contribution in [0.5, 0.6) is 0 Å². The van der Waals surface area contributed by atoms with Crippen molar-refractivity contribution in [3.8, 4) is 0 Å². The summed E-state index contributed by atoms with van der Waals surface area (Å²) in [6.45, 7) is 0. The molecule has 0 aliphatic carbocycles. The van der Waals surface area contributed by atoms with E-state index in [-0.39, 0.29) is 17.1 Å². The van der Waals surface area contributed by atoms with Gasteiger partial charge in [0.1, 0.15) is 0 Å². The second-order valence-electron chi connectivity index (χ2n) is 2.05. The first-order valence-electron chi connectivity index (χ1n) is 2.88. The van der Waals surface area contributed by atoms with Crippen molar-refractivity contribution in [2.45, 2.75) is 18.1 Å². The van der Waals surface area contributed by atoms with Crippen molar-refractivity contribution >= 4 is 34.3 Å². The summed E-state index contributed by atoms with van der Waals surface area (Å²) in [6.07, 6.45) is 1.04. The van der Waals surface area contributed by atoms with Gasteiger partial charge in [0, 0.05) is 6.42 Å². The van der Waals surface area contributed by atoms with Crippen molar-refractivity contribution in [2.24, 2.45) is 0 Å². The van der Waals surface area contributed by atoms with Gasteiger partial charge < -0.3 is 0 Å². The van der Waals surface area contributed by atoms with Crippen LogP contribution in [0.15, 0.2) is 0 Å². The lowest BCUT2D eigenvalue weighted by atomic mass is 10.1. The largest absolute Gasteiger partial charge is 0.295 e. The highest BCUT2D eigenvalue weighted by molar-refractivity contribution is 8.69. The van der Waals surface area contributed by atoms with Crippen LogP contribution in [0.2, 0.25) is 0 Å². The smallest absolute Gasteiger partial charge is 0.240 e. The van der Waals surface area contributed by atoms with Gasteiger partial charge in [-0.05, 0) is 6.42 Å². The first-order chi connectivity index (χ1) is 4.74. The molecule has 0 spiro atoms. The quantitative estimate of drug-likeness (QED) is 0.345. The van der Waals surface area contributed by atoms with Crippen LogP contribution >= 0.6 is 22.5 Å². The van der Waals surface area contributed by atoms with E-state index in [1.54, 1.807) is 0 Å². The average Bonchev–Trinajstić information content (AvgIpc) is 1.88. The Bertz CT molecular complexity index is 171. The first kappa shape index (κ1) is 7.94. The molecule has 1 rings (SSSR count). The summed E-state index contributed by atoms with van der Waals surface area (Å²) in [5.74, 6) is -0.389. The molecular weight excluding hydrogens is 170 g/mol. The number of nitrogens with one attached hydrogen (secondary N) is 1. The predicted molar refractivity (Wildman–Crippen MR) is 42.7 cm³/mol. The summed E-state index contributed by atoms with van der Waals surface area (Å²) in [6, 6.07) is 0. The monoisotopic (exact) mass is 177 g/mol. The highest BCUT2D eigenvalue weighted by Crippen LogP contribution is 2.22. The van der Waals surface area contributed by atoms with Gasteiger partial charge >= 0.3 is 0 Å². The number of carbonyl (C=O) groups excluding carboxylic acids is 2. The zero-order valence-corrected chi connectivity index (χ0v) is 6.87. The van der Waals surface area contributed by atoms with E-state index >= 15 is 0 Å². The maximum atomic E-state index is 10.8. The lowest BCUT2D eigenvalue weighted by Crippen LogP contribution is -2.41. The minimum Gasteiger partial charge on any atom is -0.295 e. The molecule has 56 valence electrons. The fraction of sp³-hybridized carbons (Fsp3) is 0.600. The Hall–Kier alpha value is -0.160. The molecule has 1 atom stereocenters. The van der Waals surface area contributed by atoms with Gasteiger partial charge in [0.25, 0.3) is 0 Å².